The lowest BCUT2D eigenvalue weighted by Crippen LogP contribution is -1.90. The van der Waals surface area contributed by atoms with Crippen LogP contribution in [0.2, 0.25) is 0 Å². The molecule has 0 spiro atoms. The predicted molar refractivity (Wildman–Crippen MR) is 84.5 cm³/mol. The summed E-state index contributed by atoms with van der Waals surface area (Å²) in [7, 11) is 0. The van der Waals surface area contributed by atoms with Gasteiger partial charge in [0, 0.05) is 0 Å². The fourth-order valence-electron chi connectivity index (χ4n) is 2.38. The van der Waals surface area contributed by atoms with Crippen LogP contribution in [0.25, 0.3) is 0 Å². The molecule has 1 nitrogen and oxygen atoms in total. The lowest BCUT2D eigenvalue weighted by atomic mass is 10.1. The highest BCUT2D eigenvalue weighted by atomic mass is 16.6. The molecule has 1 aliphatic rings. The highest BCUT2D eigenvalue weighted by Gasteiger charge is 2.35. The monoisotopic (exact) mass is 264 g/mol. The Morgan fingerprint density at radius 1 is 0.737 bits per heavy atom. The maximum Gasteiger partial charge on any atom is 0.0879 e. The number of epoxide rings is 1. The minimum absolute atomic E-state index is 0.501. The first kappa shape index (κ1) is 16.5. The molecule has 0 N–H and O–H groups in total. The zero-order valence-corrected chi connectivity index (χ0v) is 12.9. The average molecular weight is 264 g/mol. The molecule has 0 saturated carbocycles. The van der Waals surface area contributed by atoms with E-state index in [1.54, 1.807) is 0 Å². The maximum atomic E-state index is 5.63. The molecule has 1 heterocycles. The van der Waals surface area contributed by atoms with E-state index in [0.717, 1.165) is 19.3 Å². The second-order valence-corrected chi connectivity index (χ2v) is 5.59. The van der Waals surface area contributed by atoms with Gasteiger partial charge in [0.15, 0.2) is 0 Å². The van der Waals surface area contributed by atoms with Gasteiger partial charge in [-0.3, -0.25) is 0 Å². The Morgan fingerprint density at radius 2 is 1.37 bits per heavy atom. The predicted octanol–water partition coefficient (Wildman–Crippen LogP) is 5.81. The smallest absolute Gasteiger partial charge is 0.0879 e. The molecular formula is C18H32O. The fourth-order valence-corrected chi connectivity index (χ4v) is 2.38. The first-order valence-corrected chi connectivity index (χ1v) is 8.34. The summed E-state index contributed by atoms with van der Waals surface area (Å²) in [5.41, 5.74) is 0. The molecule has 0 aromatic rings. The van der Waals surface area contributed by atoms with Gasteiger partial charge in [-0.15, -0.1) is 0 Å². The number of allylic oxidation sites excluding steroid dienone is 2. The summed E-state index contributed by atoms with van der Waals surface area (Å²) in [4.78, 5) is 0. The largest absolute Gasteiger partial charge is 0.369 e. The van der Waals surface area contributed by atoms with E-state index in [9.17, 15) is 0 Å². The minimum atomic E-state index is 0.501. The van der Waals surface area contributed by atoms with Gasteiger partial charge in [-0.25, -0.2) is 0 Å². The van der Waals surface area contributed by atoms with Crippen LogP contribution < -0.4 is 0 Å². The van der Waals surface area contributed by atoms with Crippen molar-refractivity contribution in [1.29, 1.82) is 0 Å². The molecule has 0 amide bonds. The quantitative estimate of drug-likeness (QED) is 0.246. The van der Waals surface area contributed by atoms with Gasteiger partial charge in [-0.2, -0.15) is 0 Å². The Hall–Kier alpha value is -0.560. The topological polar surface area (TPSA) is 12.5 Å². The molecule has 1 heteroatoms. The lowest BCUT2D eigenvalue weighted by molar-refractivity contribution is 0.372. The van der Waals surface area contributed by atoms with Crippen LogP contribution in [0, 0.1) is 0 Å². The molecule has 2 unspecified atom stereocenters. The summed E-state index contributed by atoms with van der Waals surface area (Å²) >= 11 is 0. The van der Waals surface area contributed by atoms with E-state index in [-0.39, 0.29) is 0 Å². The maximum absolute atomic E-state index is 5.63. The molecule has 1 rings (SSSR count). The number of hydrogen-bond acceptors (Lipinski definition) is 1. The van der Waals surface area contributed by atoms with Crippen LogP contribution in [0.15, 0.2) is 24.3 Å². The second kappa shape index (κ2) is 11.3. The summed E-state index contributed by atoms with van der Waals surface area (Å²) in [6.07, 6.45) is 23.1. The van der Waals surface area contributed by atoms with Gasteiger partial charge in [0.2, 0.25) is 0 Å². The fraction of sp³-hybridized carbons (Fsp3) is 0.778. The third kappa shape index (κ3) is 9.04. The molecule has 0 radical (unpaired) electrons. The molecule has 2 atom stereocenters. The van der Waals surface area contributed by atoms with E-state index in [4.69, 9.17) is 4.74 Å². The summed E-state index contributed by atoms with van der Waals surface area (Å²) in [6.45, 7) is 4.45. The third-order valence-electron chi connectivity index (χ3n) is 3.72. The van der Waals surface area contributed by atoms with Gasteiger partial charge >= 0.3 is 0 Å². The molecule has 0 aromatic heterocycles. The Bertz CT molecular complexity index is 254. The van der Waals surface area contributed by atoms with Crippen molar-refractivity contribution in [3.05, 3.63) is 24.3 Å². The standard InChI is InChI=1S/C18H32O/c1-3-5-7-8-9-10-11-12-14-16-18-17(19-18)15-13-6-4-2/h6,12-14,17-18H,3-5,7-11,15-16H2,1-2H3/b13-6+,14-12+. The Morgan fingerprint density at radius 3 is 2.05 bits per heavy atom. The molecule has 0 aliphatic carbocycles. The first-order valence-electron chi connectivity index (χ1n) is 8.34. The molecular weight excluding hydrogens is 232 g/mol. The Kier molecular flexibility index (Phi) is 9.79. The molecule has 19 heavy (non-hydrogen) atoms. The van der Waals surface area contributed by atoms with E-state index in [1.165, 1.54) is 44.9 Å². The van der Waals surface area contributed by atoms with Crippen molar-refractivity contribution in [2.45, 2.75) is 90.3 Å². The third-order valence-corrected chi connectivity index (χ3v) is 3.72. The number of unbranched alkanes of at least 4 members (excludes halogenated alkanes) is 6. The number of rotatable bonds is 12. The normalized spacial score (nSPS) is 22.6. The van der Waals surface area contributed by atoms with Gasteiger partial charge in [-0.05, 0) is 32.1 Å². The van der Waals surface area contributed by atoms with E-state index >= 15 is 0 Å². The van der Waals surface area contributed by atoms with Crippen molar-refractivity contribution < 1.29 is 4.74 Å². The van der Waals surface area contributed by atoms with Gasteiger partial charge in [-0.1, -0.05) is 70.3 Å². The van der Waals surface area contributed by atoms with Crippen molar-refractivity contribution in [2.75, 3.05) is 0 Å². The van der Waals surface area contributed by atoms with Crippen molar-refractivity contribution >= 4 is 0 Å². The highest BCUT2D eigenvalue weighted by molar-refractivity contribution is 4.97. The van der Waals surface area contributed by atoms with E-state index < -0.39 is 0 Å². The first-order chi connectivity index (χ1) is 9.38. The van der Waals surface area contributed by atoms with Crippen LogP contribution in [0.1, 0.15) is 78.1 Å². The van der Waals surface area contributed by atoms with Crippen molar-refractivity contribution in [1.82, 2.24) is 0 Å². The van der Waals surface area contributed by atoms with Crippen molar-refractivity contribution in [3.8, 4) is 0 Å². The van der Waals surface area contributed by atoms with E-state index in [1.807, 2.05) is 0 Å². The van der Waals surface area contributed by atoms with E-state index in [0.29, 0.717) is 12.2 Å². The summed E-state index contributed by atoms with van der Waals surface area (Å²) < 4.78 is 5.63. The zero-order valence-electron chi connectivity index (χ0n) is 12.9. The van der Waals surface area contributed by atoms with Gasteiger partial charge in [0.25, 0.3) is 0 Å². The molecule has 110 valence electrons. The van der Waals surface area contributed by atoms with Crippen LogP contribution in [0.4, 0.5) is 0 Å². The van der Waals surface area contributed by atoms with Crippen LogP contribution >= 0.6 is 0 Å². The second-order valence-electron chi connectivity index (χ2n) is 5.59. The van der Waals surface area contributed by atoms with Crippen LogP contribution in [-0.2, 0) is 4.74 Å². The Balaban J connectivity index is 1.85. The molecule has 0 aromatic carbocycles. The van der Waals surface area contributed by atoms with Crippen molar-refractivity contribution in [3.63, 3.8) is 0 Å². The molecule has 1 aliphatic heterocycles. The zero-order chi connectivity index (χ0) is 13.8. The van der Waals surface area contributed by atoms with E-state index in [2.05, 4.69) is 38.2 Å². The Labute approximate surface area is 120 Å². The number of hydrogen-bond donors (Lipinski definition) is 0. The van der Waals surface area contributed by atoms with Crippen LogP contribution in [0.3, 0.4) is 0 Å². The lowest BCUT2D eigenvalue weighted by Gasteiger charge is -1.97. The minimum Gasteiger partial charge on any atom is -0.369 e. The molecule has 0 bridgehead atoms. The van der Waals surface area contributed by atoms with Gasteiger partial charge in [0.1, 0.15) is 0 Å². The highest BCUT2D eigenvalue weighted by Crippen LogP contribution is 2.29. The summed E-state index contributed by atoms with van der Waals surface area (Å²) in [5.74, 6) is 0. The summed E-state index contributed by atoms with van der Waals surface area (Å²) in [6, 6.07) is 0. The molecule has 1 fully saturated rings. The van der Waals surface area contributed by atoms with Gasteiger partial charge in [0.05, 0.1) is 12.2 Å². The molecule has 1 saturated heterocycles. The van der Waals surface area contributed by atoms with Gasteiger partial charge < -0.3 is 4.74 Å². The SMILES string of the molecule is CC/C=C/CC1OC1C/C=C/CCCCCCCC. The summed E-state index contributed by atoms with van der Waals surface area (Å²) in [5, 5.41) is 0. The van der Waals surface area contributed by atoms with Crippen molar-refractivity contribution in [2.24, 2.45) is 0 Å². The average Bonchev–Trinajstić information content (AvgIpc) is 3.16. The van der Waals surface area contributed by atoms with Crippen LogP contribution in [-0.4, -0.2) is 12.2 Å². The van der Waals surface area contributed by atoms with Crippen LogP contribution in [0.5, 0.6) is 0 Å². The number of ether oxygens (including phenoxy) is 1.